The summed E-state index contributed by atoms with van der Waals surface area (Å²) in [6.45, 7) is 11.7. The number of hydrogen-bond donors (Lipinski definition) is 3. The highest BCUT2D eigenvalue weighted by molar-refractivity contribution is 5.79. The van der Waals surface area contributed by atoms with E-state index < -0.39 is 29.1 Å². The van der Waals surface area contributed by atoms with E-state index in [1.54, 1.807) is 14.2 Å². The van der Waals surface area contributed by atoms with Crippen LogP contribution < -0.4 is 26.3 Å². The van der Waals surface area contributed by atoms with Crippen LogP contribution >= 0.6 is 0 Å². The van der Waals surface area contributed by atoms with Gasteiger partial charge in [0.2, 0.25) is 5.91 Å². The van der Waals surface area contributed by atoms with Crippen molar-refractivity contribution in [2.45, 2.75) is 98.1 Å². The summed E-state index contributed by atoms with van der Waals surface area (Å²) in [7, 11) is 3.27. The molecule has 1 aliphatic carbocycles. The number of hydrogen-bond acceptors (Lipinski definition) is 11. The smallest absolute Gasteiger partial charge is 0.306 e. The van der Waals surface area contributed by atoms with Crippen molar-refractivity contribution in [2.75, 3.05) is 40.6 Å². The topological polar surface area (TPSA) is 187 Å². The molecule has 0 fully saturated rings. The van der Waals surface area contributed by atoms with Gasteiger partial charge in [-0.25, -0.2) is 0 Å². The van der Waals surface area contributed by atoms with Gasteiger partial charge in [0.1, 0.15) is 6.10 Å². The fourth-order valence-electron chi connectivity index (χ4n) is 5.76. The first-order valence-corrected chi connectivity index (χ1v) is 17.5. The van der Waals surface area contributed by atoms with E-state index in [1.807, 2.05) is 45.0 Å². The van der Waals surface area contributed by atoms with E-state index in [0.717, 1.165) is 24.1 Å². The van der Waals surface area contributed by atoms with Crippen molar-refractivity contribution in [1.29, 1.82) is 0 Å². The molecule has 1 amide bonds. The Hall–Kier alpha value is -3.58. The Morgan fingerprint density at radius 2 is 1.69 bits per heavy atom. The molecule has 0 saturated carbocycles. The van der Waals surface area contributed by atoms with Gasteiger partial charge in [0, 0.05) is 56.2 Å². The molecule has 13 heteroatoms. The molecule has 13 nitrogen and oxygen atoms in total. The zero-order valence-electron chi connectivity index (χ0n) is 30.5. The van der Waals surface area contributed by atoms with Crippen LogP contribution in [0.4, 0.5) is 0 Å². The van der Waals surface area contributed by atoms with Crippen LogP contribution in [0, 0.1) is 39.2 Å². The van der Waals surface area contributed by atoms with E-state index in [4.69, 9.17) is 30.4 Å². The predicted molar refractivity (Wildman–Crippen MR) is 187 cm³/mol. The minimum absolute atomic E-state index is 0.0207. The normalized spacial score (nSPS) is 17.9. The summed E-state index contributed by atoms with van der Waals surface area (Å²) in [6.07, 6.45) is 5.19. The quantitative estimate of drug-likeness (QED) is 0.0515. The van der Waals surface area contributed by atoms with E-state index in [9.17, 15) is 19.7 Å². The lowest BCUT2D eigenvalue weighted by Crippen LogP contribution is -2.45. The summed E-state index contributed by atoms with van der Waals surface area (Å²) >= 11 is 0. The number of benzene rings is 1. The van der Waals surface area contributed by atoms with E-state index in [-0.39, 0.29) is 48.5 Å². The third-order valence-corrected chi connectivity index (χ3v) is 9.28. The lowest BCUT2D eigenvalue weighted by atomic mass is 9.80. The molecule has 49 heavy (non-hydrogen) atoms. The van der Waals surface area contributed by atoms with Crippen LogP contribution in [0.5, 0.6) is 11.5 Å². The summed E-state index contributed by atoms with van der Waals surface area (Å²) < 4.78 is 22.7. The molecule has 278 valence electrons. The van der Waals surface area contributed by atoms with Crippen LogP contribution in [-0.4, -0.2) is 69.7 Å². The molecule has 0 saturated heterocycles. The molecule has 0 heterocycles. The molecule has 1 aromatic rings. The van der Waals surface area contributed by atoms with E-state index in [0.29, 0.717) is 56.9 Å². The number of amides is 1. The molecular formula is C36H60N4O9. The van der Waals surface area contributed by atoms with Gasteiger partial charge < -0.3 is 40.6 Å². The number of carbonyl (C=O) groups is 2. The lowest BCUT2D eigenvalue weighted by molar-refractivity contribution is -0.757. The first-order chi connectivity index (χ1) is 23.2. The highest BCUT2D eigenvalue weighted by Gasteiger charge is 2.39. The van der Waals surface area contributed by atoms with Crippen LogP contribution in [0.3, 0.4) is 0 Å². The fourth-order valence-corrected chi connectivity index (χ4v) is 5.76. The highest BCUT2D eigenvalue weighted by atomic mass is 16.9. The van der Waals surface area contributed by atoms with Gasteiger partial charge >= 0.3 is 5.97 Å². The first-order valence-electron chi connectivity index (χ1n) is 17.5. The Morgan fingerprint density at radius 3 is 2.29 bits per heavy atom. The summed E-state index contributed by atoms with van der Waals surface area (Å²) in [4.78, 5) is 41.3. The number of nitrogens with two attached hydrogens (primary N) is 2. The summed E-state index contributed by atoms with van der Waals surface area (Å²) in [6, 6.07) is 5.41. The minimum Gasteiger partial charge on any atom is -0.493 e. The fraction of sp³-hybridized carbons (Fsp3) is 0.722. The molecule has 0 radical (unpaired) electrons. The third-order valence-electron chi connectivity index (χ3n) is 9.28. The van der Waals surface area contributed by atoms with Crippen molar-refractivity contribution < 1.29 is 38.5 Å². The van der Waals surface area contributed by atoms with Gasteiger partial charge in [0.05, 0.1) is 20.3 Å². The van der Waals surface area contributed by atoms with Crippen molar-refractivity contribution in [1.82, 2.24) is 5.32 Å². The second-order valence-electron chi connectivity index (χ2n) is 14.0. The Kier molecular flexibility index (Phi) is 17.7. The third kappa shape index (κ3) is 14.8. The molecule has 1 aliphatic rings. The molecule has 1 aromatic carbocycles. The Balaban J connectivity index is 2.18. The van der Waals surface area contributed by atoms with Crippen LogP contribution in [0.2, 0.25) is 0 Å². The maximum absolute atomic E-state index is 13.5. The van der Waals surface area contributed by atoms with Crippen molar-refractivity contribution in [2.24, 2.45) is 40.6 Å². The van der Waals surface area contributed by atoms with Crippen molar-refractivity contribution in [3.63, 3.8) is 0 Å². The van der Waals surface area contributed by atoms with E-state index in [1.165, 1.54) is 0 Å². The molecule has 0 aromatic heterocycles. The number of nitrogens with one attached hydrogen (secondary N) is 1. The number of carbonyl (C=O) groups excluding carboxylic acids is 2. The van der Waals surface area contributed by atoms with Gasteiger partial charge in [-0.3, -0.25) is 9.59 Å². The standard InChI is InChI=1S/C36H60N4O9/c1-24(2)27(18-26-13-14-30(46-7)32(19-26)47-16-11-15-45-6)20-29(37)31(49-34(41)12-9-8-10-17-48-40(43)44)21-28(25(3)4)35(42)39-23-36(5)22-33(36)38/h13-14,19,22,24-25,27-29,31H,8-12,15-18,20-21,23,37-38H2,1-7H3,(H,39,42). The monoisotopic (exact) mass is 692 g/mol. The number of unbranched alkanes of at least 4 members (excludes halogenated alkanes) is 2. The Bertz CT molecular complexity index is 1220. The number of esters is 1. The molecule has 5 unspecified atom stereocenters. The lowest BCUT2D eigenvalue weighted by Gasteiger charge is -2.32. The second-order valence-corrected chi connectivity index (χ2v) is 14.0. The number of nitrogens with zero attached hydrogens (tertiary/aromatic N) is 1. The number of methoxy groups -OCH3 is 2. The van der Waals surface area contributed by atoms with Crippen molar-refractivity contribution in [3.05, 3.63) is 45.6 Å². The van der Waals surface area contributed by atoms with Crippen LogP contribution in [0.25, 0.3) is 0 Å². The maximum atomic E-state index is 13.5. The van der Waals surface area contributed by atoms with Gasteiger partial charge in [-0.2, -0.15) is 0 Å². The summed E-state index contributed by atoms with van der Waals surface area (Å²) in [5.74, 6) is 0.720. The van der Waals surface area contributed by atoms with Crippen molar-refractivity contribution in [3.8, 4) is 11.5 Å². The predicted octanol–water partition coefficient (Wildman–Crippen LogP) is 4.96. The van der Waals surface area contributed by atoms with Crippen LogP contribution in [0.15, 0.2) is 30.0 Å². The Labute approximate surface area is 291 Å². The van der Waals surface area contributed by atoms with Gasteiger partial charge in [0.25, 0.3) is 5.09 Å². The van der Waals surface area contributed by atoms with Gasteiger partial charge in [-0.1, -0.05) is 46.3 Å². The van der Waals surface area contributed by atoms with Gasteiger partial charge in [0.15, 0.2) is 11.5 Å². The summed E-state index contributed by atoms with van der Waals surface area (Å²) in [5.41, 5.74) is 14.4. The molecule has 2 rings (SSSR count). The summed E-state index contributed by atoms with van der Waals surface area (Å²) in [5, 5.41) is 12.6. The van der Waals surface area contributed by atoms with Crippen LogP contribution in [-0.2, 0) is 30.3 Å². The highest BCUT2D eigenvalue weighted by Crippen LogP contribution is 2.39. The minimum atomic E-state index is -0.825. The molecule has 0 bridgehead atoms. The van der Waals surface area contributed by atoms with E-state index >= 15 is 0 Å². The number of rotatable bonds is 26. The van der Waals surface area contributed by atoms with Crippen molar-refractivity contribution >= 4 is 11.9 Å². The number of ether oxygens (including phenoxy) is 4. The van der Waals surface area contributed by atoms with Gasteiger partial charge in [-0.15, -0.1) is 10.1 Å². The molecule has 0 spiro atoms. The average molecular weight is 693 g/mol. The second kappa shape index (κ2) is 20.8. The first kappa shape index (κ1) is 41.6. The maximum Gasteiger partial charge on any atom is 0.306 e. The average Bonchev–Trinajstić information content (AvgIpc) is 3.66. The molecule has 0 aliphatic heterocycles. The van der Waals surface area contributed by atoms with Gasteiger partial charge in [-0.05, 0) is 74.5 Å². The largest absolute Gasteiger partial charge is 0.493 e. The molecule has 5 N–H and O–H groups in total. The SMILES string of the molecule is COCCCOc1cc(CC(CC(N)C(CC(C(=O)NCC2(C)C=C2N)C(C)C)OC(=O)CCCCCO[N+](=O)[O-])C(C)C)ccc1OC. The molecule has 5 atom stereocenters. The van der Waals surface area contributed by atoms with E-state index in [2.05, 4.69) is 24.0 Å². The Morgan fingerprint density at radius 1 is 0.980 bits per heavy atom. The van der Waals surface area contributed by atoms with Crippen LogP contribution in [0.1, 0.15) is 85.1 Å². The zero-order valence-corrected chi connectivity index (χ0v) is 30.5. The molecular weight excluding hydrogens is 632 g/mol. The zero-order chi connectivity index (χ0) is 36.6.